The van der Waals surface area contributed by atoms with Gasteiger partial charge in [-0.3, -0.25) is 4.79 Å². The number of carbonyl (C=O) groups excluding carboxylic acids is 1. The third-order valence-electron chi connectivity index (χ3n) is 4.95. The molecule has 0 saturated carbocycles. The van der Waals surface area contributed by atoms with E-state index in [1.165, 1.54) is 6.92 Å². The fraction of sp³-hybridized carbons (Fsp3) is 0.933. The fourth-order valence-corrected chi connectivity index (χ4v) is 3.52. The van der Waals surface area contributed by atoms with Crippen LogP contribution in [0.3, 0.4) is 0 Å². The maximum atomic E-state index is 11.3. The molecule has 8 N–H and O–H groups in total. The summed E-state index contributed by atoms with van der Waals surface area (Å²) in [5.41, 5.74) is 0. The van der Waals surface area contributed by atoms with E-state index < -0.39 is 80.1 Å². The lowest BCUT2D eigenvalue weighted by Gasteiger charge is -2.46. The second kappa shape index (κ2) is 8.87. The van der Waals surface area contributed by atoms with Crippen LogP contribution in [0.5, 0.6) is 0 Å². The first-order valence-electron chi connectivity index (χ1n) is 8.41. The molecule has 0 radical (unpaired) electrons. The fourth-order valence-electron chi connectivity index (χ4n) is 3.52. The molecule has 2 rings (SSSR count). The van der Waals surface area contributed by atoms with Crippen LogP contribution in [0.1, 0.15) is 13.3 Å². The van der Waals surface area contributed by atoms with Gasteiger partial charge < -0.3 is 50.5 Å². The Morgan fingerprint density at radius 3 is 1.96 bits per heavy atom. The van der Waals surface area contributed by atoms with Gasteiger partial charge in [0.2, 0.25) is 5.91 Å². The van der Waals surface area contributed by atoms with E-state index in [0.29, 0.717) is 0 Å². The van der Waals surface area contributed by atoms with Crippen LogP contribution in [0.25, 0.3) is 0 Å². The van der Waals surface area contributed by atoms with Crippen molar-refractivity contribution in [1.29, 1.82) is 0 Å². The van der Waals surface area contributed by atoms with E-state index in [4.69, 9.17) is 9.47 Å². The summed E-state index contributed by atoms with van der Waals surface area (Å²) in [6.45, 7) is 0.0506. The molecular formula is C15H27NO10. The monoisotopic (exact) mass is 381 g/mol. The standard InChI is InChI=1S/C15H27NO10/c1-5(19)16-10-11(20)6(8(3-17)26-15(10)24)2-7-12(21)14(23)13(22)9(4-18)25-7/h6-15,17-18,20-24H,2-4H2,1H3,(H,16,19). The molecule has 2 aliphatic rings. The topological polar surface area (TPSA) is 189 Å². The summed E-state index contributed by atoms with van der Waals surface area (Å²) in [6, 6.07) is -1.16. The quantitative estimate of drug-likeness (QED) is 0.230. The molecule has 2 heterocycles. The van der Waals surface area contributed by atoms with Crippen LogP contribution in [0, 0.1) is 5.92 Å². The van der Waals surface area contributed by atoms with E-state index in [0.717, 1.165) is 0 Å². The van der Waals surface area contributed by atoms with Gasteiger partial charge in [0, 0.05) is 12.8 Å². The SMILES string of the molecule is CC(=O)NC1C(O)OC(CO)C(CC2OC(CO)C(O)C(O)C2O)C1O. The van der Waals surface area contributed by atoms with E-state index in [1.807, 2.05) is 0 Å². The van der Waals surface area contributed by atoms with Crippen molar-refractivity contribution in [3.05, 3.63) is 0 Å². The van der Waals surface area contributed by atoms with E-state index in [2.05, 4.69) is 5.32 Å². The number of aliphatic hydroxyl groups is 7. The third kappa shape index (κ3) is 4.32. The van der Waals surface area contributed by atoms with Crippen LogP contribution in [-0.2, 0) is 14.3 Å². The molecule has 2 aliphatic heterocycles. The molecule has 11 heteroatoms. The zero-order valence-corrected chi connectivity index (χ0v) is 14.3. The summed E-state index contributed by atoms with van der Waals surface area (Å²) in [7, 11) is 0. The van der Waals surface area contributed by atoms with E-state index in [1.54, 1.807) is 0 Å². The minimum absolute atomic E-state index is 0.128. The summed E-state index contributed by atoms with van der Waals surface area (Å²) in [5, 5.41) is 71.4. The van der Waals surface area contributed by atoms with Crippen LogP contribution in [-0.4, -0.2) is 110 Å². The molecule has 2 saturated heterocycles. The number of nitrogens with one attached hydrogen (secondary N) is 1. The minimum atomic E-state index is -1.57. The molecule has 10 atom stereocenters. The zero-order chi connectivity index (χ0) is 19.6. The summed E-state index contributed by atoms with van der Waals surface area (Å²) < 4.78 is 10.7. The molecule has 11 nitrogen and oxygen atoms in total. The number of carbonyl (C=O) groups is 1. The second-order valence-electron chi connectivity index (χ2n) is 6.73. The van der Waals surface area contributed by atoms with Crippen LogP contribution >= 0.6 is 0 Å². The Bertz CT molecular complexity index is 477. The normalized spacial score (nSPS) is 46.8. The first kappa shape index (κ1) is 21.4. The maximum Gasteiger partial charge on any atom is 0.217 e. The Morgan fingerprint density at radius 2 is 1.42 bits per heavy atom. The van der Waals surface area contributed by atoms with Gasteiger partial charge in [0.1, 0.15) is 30.5 Å². The van der Waals surface area contributed by atoms with Crippen molar-refractivity contribution >= 4 is 5.91 Å². The Hall–Kier alpha value is -0.890. The highest BCUT2D eigenvalue weighted by atomic mass is 16.6. The van der Waals surface area contributed by atoms with Crippen molar-refractivity contribution in [1.82, 2.24) is 5.32 Å². The van der Waals surface area contributed by atoms with Gasteiger partial charge in [-0.15, -0.1) is 0 Å². The highest BCUT2D eigenvalue weighted by Crippen LogP contribution is 2.33. The Kier molecular flexibility index (Phi) is 7.30. The van der Waals surface area contributed by atoms with Gasteiger partial charge in [0.15, 0.2) is 6.29 Å². The summed E-state index contributed by atoms with van der Waals surface area (Å²) >= 11 is 0. The van der Waals surface area contributed by atoms with Crippen LogP contribution < -0.4 is 5.32 Å². The second-order valence-corrected chi connectivity index (χ2v) is 6.73. The predicted octanol–water partition coefficient (Wildman–Crippen LogP) is -4.59. The van der Waals surface area contributed by atoms with Gasteiger partial charge in [0.25, 0.3) is 0 Å². The molecule has 1 amide bonds. The summed E-state index contributed by atoms with van der Waals surface area (Å²) in [4.78, 5) is 11.3. The number of amides is 1. The first-order valence-corrected chi connectivity index (χ1v) is 8.41. The molecule has 0 aromatic heterocycles. The van der Waals surface area contributed by atoms with Gasteiger partial charge in [-0.05, 0) is 6.42 Å². The lowest BCUT2D eigenvalue weighted by atomic mass is 9.80. The predicted molar refractivity (Wildman–Crippen MR) is 83.5 cm³/mol. The van der Waals surface area contributed by atoms with Gasteiger partial charge >= 0.3 is 0 Å². The van der Waals surface area contributed by atoms with Crippen molar-refractivity contribution in [2.24, 2.45) is 5.92 Å². The van der Waals surface area contributed by atoms with Crippen LogP contribution in [0.2, 0.25) is 0 Å². The number of rotatable bonds is 5. The average molecular weight is 381 g/mol. The van der Waals surface area contributed by atoms with E-state index in [9.17, 15) is 40.5 Å². The van der Waals surface area contributed by atoms with Gasteiger partial charge in [-0.25, -0.2) is 0 Å². The van der Waals surface area contributed by atoms with Crippen LogP contribution in [0.4, 0.5) is 0 Å². The zero-order valence-electron chi connectivity index (χ0n) is 14.3. The first-order chi connectivity index (χ1) is 12.2. The van der Waals surface area contributed by atoms with Gasteiger partial charge in [-0.2, -0.15) is 0 Å². The molecule has 0 spiro atoms. The Labute approximate surface area is 149 Å². The number of aliphatic hydroxyl groups excluding tert-OH is 7. The van der Waals surface area contributed by atoms with Crippen LogP contribution in [0.15, 0.2) is 0 Å². The molecule has 26 heavy (non-hydrogen) atoms. The number of ether oxygens (including phenoxy) is 2. The van der Waals surface area contributed by atoms with Crippen molar-refractivity contribution in [3.8, 4) is 0 Å². The largest absolute Gasteiger partial charge is 0.394 e. The molecule has 0 aromatic carbocycles. The van der Waals surface area contributed by atoms with Crippen molar-refractivity contribution in [2.45, 2.75) is 68.4 Å². The third-order valence-corrected chi connectivity index (χ3v) is 4.95. The van der Waals surface area contributed by atoms with Gasteiger partial charge in [0.05, 0.1) is 31.5 Å². The van der Waals surface area contributed by atoms with E-state index in [-0.39, 0.29) is 6.42 Å². The number of hydrogen-bond donors (Lipinski definition) is 8. The molecule has 0 aromatic rings. The molecular weight excluding hydrogens is 354 g/mol. The Morgan fingerprint density at radius 1 is 0.846 bits per heavy atom. The highest BCUT2D eigenvalue weighted by Gasteiger charge is 2.49. The van der Waals surface area contributed by atoms with Crippen molar-refractivity contribution in [2.75, 3.05) is 13.2 Å². The smallest absolute Gasteiger partial charge is 0.217 e. The molecule has 10 unspecified atom stereocenters. The maximum absolute atomic E-state index is 11.3. The lowest BCUT2D eigenvalue weighted by Crippen LogP contribution is -2.64. The van der Waals surface area contributed by atoms with Crippen molar-refractivity contribution < 1.29 is 50.0 Å². The Balaban J connectivity index is 2.16. The minimum Gasteiger partial charge on any atom is -0.394 e. The molecule has 0 bridgehead atoms. The van der Waals surface area contributed by atoms with E-state index >= 15 is 0 Å². The highest BCUT2D eigenvalue weighted by molar-refractivity contribution is 5.73. The number of hydrogen-bond acceptors (Lipinski definition) is 10. The average Bonchev–Trinajstić information content (AvgIpc) is 2.60. The molecule has 0 aliphatic carbocycles. The molecule has 2 fully saturated rings. The summed E-state index contributed by atoms with van der Waals surface area (Å²) in [5.74, 6) is -1.38. The lowest BCUT2D eigenvalue weighted by molar-refractivity contribution is -0.261. The summed E-state index contributed by atoms with van der Waals surface area (Å²) in [6.07, 6.45) is -10.8. The van der Waals surface area contributed by atoms with Gasteiger partial charge in [-0.1, -0.05) is 0 Å². The van der Waals surface area contributed by atoms with Crippen molar-refractivity contribution in [3.63, 3.8) is 0 Å². The molecule has 152 valence electrons.